The number of carboxylic acid groups (broad SMARTS) is 1. The molecule has 0 aromatic carbocycles. The van der Waals surface area contributed by atoms with E-state index in [0.29, 0.717) is 6.54 Å². The van der Waals surface area contributed by atoms with Crippen molar-refractivity contribution in [2.75, 3.05) is 13.7 Å². The summed E-state index contributed by atoms with van der Waals surface area (Å²) in [6.45, 7) is 5.68. The maximum Gasteiger partial charge on any atom is 0.305 e. The van der Waals surface area contributed by atoms with Gasteiger partial charge in [0, 0.05) is 19.7 Å². The van der Waals surface area contributed by atoms with E-state index in [1.807, 2.05) is 6.92 Å². The number of aliphatic carboxylic acids is 1. The van der Waals surface area contributed by atoms with Crippen LogP contribution in [0.2, 0.25) is 0 Å². The molecule has 0 spiro atoms. The fourth-order valence-electron chi connectivity index (χ4n) is 1.38. The standard InChI is InChI=1S/C10H19NO4/c1-5-11(7(2)6-9(12)13)10(14)8(3)15-4/h7-8H,5-6H2,1-4H3,(H,12,13). The number of ether oxygens (including phenoxy) is 1. The van der Waals surface area contributed by atoms with Crippen LogP contribution in [-0.2, 0) is 14.3 Å². The Morgan fingerprint density at radius 2 is 1.93 bits per heavy atom. The highest BCUT2D eigenvalue weighted by molar-refractivity contribution is 5.81. The Balaban J connectivity index is 4.46. The second kappa shape index (κ2) is 6.40. The highest BCUT2D eigenvalue weighted by Crippen LogP contribution is 2.07. The fraction of sp³-hybridized carbons (Fsp3) is 0.800. The third-order valence-electron chi connectivity index (χ3n) is 2.33. The molecule has 0 fully saturated rings. The molecule has 2 unspecified atom stereocenters. The number of amides is 1. The van der Waals surface area contributed by atoms with E-state index in [1.165, 1.54) is 12.0 Å². The molecular weight excluding hydrogens is 198 g/mol. The summed E-state index contributed by atoms with van der Waals surface area (Å²) in [5.74, 6) is -1.08. The predicted molar refractivity (Wildman–Crippen MR) is 55.6 cm³/mol. The lowest BCUT2D eigenvalue weighted by molar-refractivity contribution is -0.145. The molecule has 0 bridgehead atoms. The smallest absolute Gasteiger partial charge is 0.305 e. The molecule has 0 aromatic rings. The summed E-state index contributed by atoms with van der Waals surface area (Å²) in [6, 6.07) is -0.308. The SMILES string of the molecule is CCN(C(=O)C(C)OC)C(C)CC(=O)O. The lowest BCUT2D eigenvalue weighted by Gasteiger charge is -2.29. The average Bonchev–Trinajstić information content (AvgIpc) is 2.16. The van der Waals surface area contributed by atoms with E-state index in [-0.39, 0.29) is 18.4 Å². The van der Waals surface area contributed by atoms with Gasteiger partial charge in [-0.2, -0.15) is 0 Å². The highest BCUT2D eigenvalue weighted by Gasteiger charge is 2.24. The van der Waals surface area contributed by atoms with Crippen molar-refractivity contribution in [1.29, 1.82) is 0 Å². The first kappa shape index (κ1) is 13.9. The number of hydrogen-bond donors (Lipinski definition) is 1. The van der Waals surface area contributed by atoms with Gasteiger partial charge in [-0.25, -0.2) is 0 Å². The number of carbonyl (C=O) groups excluding carboxylic acids is 1. The van der Waals surface area contributed by atoms with Crippen LogP contribution in [0.5, 0.6) is 0 Å². The number of hydrogen-bond acceptors (Lipinski definition) is 3. The van der Waals surface area contributed by atoms with Gasteiger partial charge in [-0.1, -0.05) is 0 Å². The molecule has 0 aromatic heterocycles. The van der Waals surface area contributed by atoms with Crippen LogP contribution in [0, 0.1) is 0 Å². The van der Waals surface area contributed by atoms with Gasteiger partial charge in [0.05, 0.1) is 6.42 Å². The van der Waals surface area contributed by atoms with Gasteiger partial charge in [0.2, 0.25) is 0 Å². The molecule has 15 heavy (non-hydrogen) atoms. The van der Waals surface area contributed by atoms with Gasteiger partial charge < -0.3 is 14.7 Å². The van der Waals surface area contributed by atoms with E-state index in [2.05, 4.69) is 0 Å². The summed E-state index contributed by atoms with van der Waals surface area (Å²) in [7, 11) is 1.46. The summed E-state index contributed by atoms with van der Waals surface area (Å²) < 4.78 is 4.91. The molecule has 1 amide bonds. The first-order valence-electron chi connectivity index (χ1n) is 4.99. The minimum atomic E-state index is -0.904. The summed E-state index contributed by atoms with van der Waals surface area (Å²) in [5, 5.41) is 8.64. The van der Waals surface area contributed by atoms with Gasteiger partial charge in [-0.3, -0.25) is 9.59 Å². The van der Waals surface area contributed by atoms with Crippen LogP contribution in [0.25, 0.3) is 0 Å². The number of methoxy groups -OCH3 is 1. The van der Waals surface area contributed by atoms with E-state index in [9.17, 15) is 9.59 Å². The normalized spacial score (nSPS) is 14.4. The molecule has 88 valence electrons. The van der Waals surface area contributed by atoms with Crippen LogP contribution >= 0.6 is 0 Å². The van der Waals surface area contributed by atoms with Crippen molar-refractivity contribution in [3.8, 4) is 0 Å². The second-order valence-electron chi connectivity index (χ2n) is 3.45. The Labute approximate surface area is 90.0 Å². The molecule has 0 heterocycles. The van der Waals surface area contributed by atoms with Crippen molar-refractivity contribution in [3.05, 3.63) is 0 Å². The van der Waals surface area contributed by atoms with Gasteiger partial charge in [-0.15, -0.1) is 0 Å². The molecule has 5 nitrogen and oxygen atoms in total. The summed E-state index contributed by atoms with van der Waals surface area (Å²) >= 11 is 0. The third kappa shape index (κ3) is 4.29. The quantitative estimate of drug-likeness (QED) is 0.712. The molecule has 0 rings (SSSR count). The lowest BCUT2D eigenvalue weighted by Crippen LogP contribution is -2.44. The molecule has 0 aliphatic carbocycles. The zero-order valence-electron chi connectivity index (χ0n) is 9.69. The number of nitrogens with zero attached hydrogens (tertiary/aromatic N) is 1. The van der Waals surface area contributed by atoms with Crippen LogP contribution in [0.1, 0.15) is 27.2 Å². The Morgan fingerprint density at radius 1 is 1.40 bits per heavy atom. The molecule has 2 atom stereocenters. The van der Waals surface area contributed by atoms with Crippen LogP contribution in [0.15, 0.2) is 0 Å². The maximum atomic E-state index is 11.7. The van der Waals surface area contributed by atoms with Gasteiger partial charge >= 0.3 is 5.97 Å². The lowest BCUT2D eigenvalue weighted by atomic mass is 10.2. The van der Waals surface area contributed by atoms with E-state index >= 15 is 0 Å². The van der Waals surface area contributed by atoms with E-state index in [0.717, 1.165) is 0 Å². The molecule has 1 N–H and O–H groups in total. The molecule has 0 saturated carbocycles. The van der Waals surface area contributed by atoms with Crippen molar-refractivity contribution in [1.82, 2.24) is 4.90 Å². The monoisotopic (exact) mass is 217 g/mol. The number of carboxylic acids is 1. The van der Waals surface area contributed by atoms with Crippen LogP contribution in [0.3, 0.4) is 0 Å². The Kier molecular flexibility index (Phi) is 5.93. The number of likely N-dealkylation sites (N-methyl/N-ethyl adjacent to an activating group) is 1. The van der Waals surface area contributed by atoms with Crippen LogP contribution in [0.4, 0.5) is 0 Å². The van der Waals surface area contributed by atoms with E-state index < -0.39 is 12.1 Å². The average molecular weight is 217 g/mol. The second-order valence-corrected chi connectivity index (χ2v) is 3.45. The Bertz CT molecular complexity index is 229. The van der Waals surface area contributed by atoms with Crippen molar-refractivity contribution in [2.45, 2.75) is 39.3 Å². The molecule has 0 aliphatic rings. The molecule has 5 heteroatoms. The molecule has 0 radical (unpaired) electrons. The third-order valence-corrected chi connectivity index (χ3v) is 2.33. The topological polar surface area (TPSA) is 66.8 Å². The first-order valence-corrected chi connectivity index (χ1v) is 4.99. The minimum Gasteiger partial charge on any atom is -0.481 e. The predicted octanol–water partition coefficient (Wildman–Crippen LogP) is 0.733. The number of rotatable bonds is 6. The summed E-state index contributed by atoms with van der Waals surface area (Å²) in [4.78, 5) is 23.8. The van der Waals surface area contributed by atoms with Crippen LogP contribution in [-0.4, -0.2) is 47.7 Å². The molecule has 0 aliphatic heterocycles. The van der Waals surface area contributed by atoms with Gasteiger partial charge in [0.25, 0.3) is 5.91 Å². The van der Waals surface area contributed by atoms with Gasteiger partial charge in [-0.05, 0) is 20.8 Å². The maximum absolute atomic E-state index is 11.7. The Morgan fingerprint density at radius 3 is 2.27 bits per heavy atom. The molecule has 0 saturated heterocycles. The fourth-order valence-corrected chi connectivity index (χ4v) is 1.38. The zero-order chi connectivity index (χ0) is 12.0. The number of carbonyl (C=O) groups is 2. The van der Waals surface area contributed by atoms with Crippen LogP contribution < -0.4 is 0 Å². The van der Waals surface area contributed by atoms with Gasteiger partial charge in [0.15, 0.2) is 0 Å². The molecular formula is C10H19NO4. The van der Waals surface area contributed by atoms with Crippen molar-refractivity contribution < 1.29 is 19.4 Å². The Hall–Kier alpha value is -1.10. The highest BCUT2D eigenvalue weighted by atomic mass is 16.5. The summed E-state index contributed by atoms with van der Waals surface area (Å²) in [5.41, 5.74) is 0. The largest absolute Gasteiger partial charge is 0.481 e. The van der Waals surface area contributed by atoms with Gasteiger partial charge in [0.1, 0.15) is 6.10 Å². The van der Waals surface area contributed by atoms with E-state index in [4.69, 9.17) is 9.84 Å². The zero-order valence-corrected chi connectivity index (χ0v) is 9.69. The van der Waals surface area contributed by atoms with Crippen molar-refractivity contribution in [2.24, 2.45) is 0 Å². The van der Waals surface area contributed by atoms with Crippen molar-refractivity contribution >= 4 is 11.9 Å². The first-order chi connectivity index (χ1) is 6.93. The van der Waals surface area contributed by atoms with Crippen molar-refractivity contribution in [3.63, 3.8) is 0 Å². The summed E-state index contributed by atoms with van der Waals surface area (Å²) in [6.07, 6.45) is -0.572. The van der Waals surface area contributed by atoms with E-state index in [1.54, 1.807) is 13.8 Å². The minimum absolute atomic E-state index is 0.0456.